The van der Waals surface area contributed by atoms with Crippen molar-refractivity contribution < 1.29 is 18.7 Å². The minimum Gasteiger partial charge on any atom is -0.394 e. The van der Waals surface area contributed by atoms with Crippen LogP contribution in [-0.2, 0) is 0 Å². The van der Waals surface area contributed by atoms with Crippen LogP contribution in [0.4, 0.5) is 13.6 Å². The minimum atomic E-state index is -0.511. The van der Waals surface area contributed by atoms with Crippen molar-refractivity contribution >= 4 is 6.03 Å². The molecule has 2 amide bonds. The third-order valence-electron chi connectivity index (χ3n) is 4.51. The predicted molar refractivity (Wildman–Crippen MR) is 77.2 cm³/mol. The monoisotopic (exact) mass is 310 g/mol. The summed E-state index contributed by atoms with van der Waals surface area (Å²) in [6, 6.07) is 2.33. The summed E-state index contributed by atoms with van der Waals surface area (Å²) in [7, 11) is 0. The zero-order chi connectivity index (χ0) is 15.7. The van der Waals surface area contributed by atoms with Crippen molar-refractivity contribution in [2.24, 2.45) is 5.92 Å². The lowest BCUT2D eigenvalue weighted by atomic mass is 10.0. The highest BCUT2D eigenvalue weighted by molar-refractivity contribution is 5.75. The normalized spacial score (nSPS) is 22.7. The van der Waals surface area contributed by atoms with Gasteiger partial charge >= 0.3 is 6.03 Å². The van der Waals surface area contributed by atoms with Crippen LogP contribution in [0, 0.1) is 17.6 Å². The van der Waals surface area contributed by atoms with E-state index in [-0.39, 0.29) is 30.2 Å². The van der Waals surface area contributed by atoms with Gasteiger partial charge in [0.1, 0.15) is 11.6 Å². The summed E-state index contributed by atoms with van der Waals surface area (Å²) in [5.41, 5.74) is 0.204. The van der Waals surface area contributed by atoms with E-state index in [1.165, 1.54) is 0 Å². The second-order valence-corrected chi connectivity index (χ2v) is 6.10. The Hall–Kier alpha value is -1.69. The van der Waals surface area contributed by atoms with Gasteiger partial charge in [-0.15, -0.1) is 0 Å². The first-order valence-electron chi connectivity index (χ1n) is 7.73. The average Bonchev–Trinajstić information content (AvgIpc) is 3.23. The molecule has 2 aliphatic rings. The van der Waals surface area contributed by atoms with E-state index >= 15 is 0 Å². The van der Waals surface area contributed by atoms with E-state index in [0.717, 1.165) is 43.9 Å². The van der Waals surface area contributed by atoms with Gasteiger partial charge in [0, 0.05) is 12.1 Å². The molecular formula is C16H20F2N2O2. The summed E-state index contributed by atoms with van der Waals surface area (Å²) in [4.78, 5) is 14.0. The van der Waals surface area contributed by atoms with Gasteiger partial charge in [-0.25, -0.2) is 13.6 Å². The SMILES string of the molecule is O=C(NC(c1cc(F)ccc1F)C1CC1)N1CCC[C@@H]1CO. The number of halogens is 2. The lowest BCUT2D eigenvalue weighted by Gasteiger charge is -2.27. The number of aliphatic hydroxyl groups excluding tert-OH is 1. The number of hydrogen-bond acceptors (Lipinski definition) is 2. The Bertz CT molecular complexity index is 563. The van der Waals surface area contributed by atoms with Crippen LogP contribution in [0.5, 0.6) is 0 Å². The maximum Gasteiger partial charge on any atom is 0.318 e. The Balaban J connectivity index is 1.77. The maximum atomic E-state index is 14.0. The number of benzene rings is 1. The molecule has 1 heterocycles. The fraction of sp³-hybridized carbons (Fsp3) is 0.562. The molecule has 2 atom stereocenters. The number of carbonyl (C=O) groups excluding carboxylic acids is 1. The summed E-state index contributed by atoms with van der Waals surface area (Å²) in [5.74, 6) is -0.861. The van der Waals surface area contributed by atoms with Crippen LogP contribution in [0.25, 0.3) is 0 Å². The Labute approximate surface area is 128 Å². The predicted octanol–water partition coefficient (Wildman–Crippen LogP) is 2.58. The van der Waals surface area contributed by atoms with E-state index in [0.29, 0.717) is 6.54 Å². The van der Waals surface area contributed by atoms with Gasteiger partial charge in [0.15, 0.2) is 0 Å². The number of urea groups is 1. The molecule has 1 unspecified atom stereocenters. The molecule has 1 aliphatic heterocycles. The number of amides is 2. The van der Waals surface area contributed by atoms with Crippen LogP contribution in [-0.4, -0.2) is 35.2 Å². The van der Waals surface area contributed by atoms with Crippen molar-refractivity contribution in [3.8, 4) is 0 Å². The fourth-order valence-corrected chi connectivity index (χ4v) is 3.14. The lowest BCUT2D eigenvalue weighted by Crippen LogP contribution is -2.45. The molecule has 1 aliphatic carbocycles. The molecule has 1 saturated carbocycles. The quantitative estimate of drug-likeness (QED) is 0.898. The van der Waals surface area contributed by atoms with Crippen LogP contribution in [0.15, 0.2) is 18.2 Å². The van der Waals surface area contributed by atoms with Crippen molar-refractivity contribution in [2.75, 3.05) is 13.2 Å². The van der Waals surface area contributed by atoms with Crippen LogP contribution in [0.2, 0.25) is 0 Å². The Morgan fingerprint density at radius 1 is 1.36 bits per heavy atom. The van der Waals surface area contributed by atoms with E-state index in [1.54, 1.807) is 4.90 Å². The maximum absolute atomic E-state index is 14.0. The molecule has 120 valence electrons. The zero-order valence-corrected chi connectivity index (χ0v) is 12.3. The molecule has 1 aromatic rings. The number of rotatable bonds is 4. The van der Waals surface area contributed by atoms with E-state index in [2.05, 4.69) is 5.32 Å². The van der Waals surface area contributed by atoms with E-state index in [9.17, 15) is 18.7 Å². The molecule has 1 aromatic carbocycles. The first-order valence-corrected chi connectivity index (χ1v) is 7.73. The van der Waals surface area contributed by atoms with Gasteiger partial charge < -0.3 is 15.3 Å². The Kier molecular flexibility index (Phi) is 4.29. The number of nitrogens with zero attached hydrogens (tertiary/aromatic N) is 1. The topological polar surface area (TPSA) is 52.6 Å². The molecular weight excluding hydrogens is 290 g/mol. The molecule has 0 spiro atoms. The first-order chi connectivity index (χ1) is 10.6. The van der Waals surface area contributed by atoms with Crippen LogP contribution >= 0.6 is 0 Å². The first kappa shape index (κ1) is 15.2. The van der Waals surface area contributed by atoms with Gasteiger partial charge in [-0.2, -0.15) is 0 Å². The van der Waals surface area contributed by atoms with Gasteiger partial charge in [0.25, 0.3) is 0 Å². The smallest absolute Gasteiger partial charge is 0.318 e. The average molecular weight is 310 g/mol. The van der Waals surface area contributed by atoms with E-state index < -0.39 is 17.7 Å². The van der Waals surface area contributed by atoms with Gasteiger partial charge in [-0.3, -0.25) is 0 Å². The molecule has 0 aromatic heterocycles. The highest BCUT2D eigenvalue weighted by Crippen LogP contribution is 2.42. The summed E-state index contributed by atoms with van der Waals surface area (Å²) in [5, 5.41) is 12.1. The second-order valence-electron chi connectivity index (χ2n) is 6.10. The third-order valence-corrected chi connectivity index (χ3v) is 4.51. The van der Waals surface area contributed by atoms with Crippen LogP contribution in [0.3, 0.4) is 0 Å². The summed E-state index contributed by atoms with van der Waals surface area (Å²) < 4.78 is 27.4. The zero-order valence-electron chi connectivity index (χ0n) is 12.3. The van der Waals surface area contributed by atoms with Gasteiger partial charge in [0.05, 0.1) is 18.7 Å². The van der Waals surface area contributed by atoms with E-state index in [1.807, 2.05) is 0 Å². The molecule has 0 radical (unpaired) electrons. The number of hydrogen-bond donors (Lipinski definition) is 2. The summed E-state index contributed by atoms with van der Waals surface area (Å²) >= 11 is 0. The van der Waals surface area contributed by atoms with Crippen LogP contribution in [0.1, 0.15) is 37.3 Å². The van der Waals surface area contributed by atoms with Crippen molar-refractivity contribution in [1.29, 1.82) is 0 Å². The molecule has 22 heavy (non-hydrogen) atoms. The van der Waals surface area contributed by atoms with Crippen molar-refractivity contribution in [3.05, 3.63) is 35.4 Å². The molecule has 3 rings (SSSR count). The molecule has 2 N–H and O–H groups in total. The number of aliphatic hydroxyl groups is 1. The highest BCUT2D eigenvalue weighted by atomic mass is 19.1. The third kappa shape index (κ3) is 3.06. The molecule has 1 saturated heterocycles. The number of nitrogens with one attached hydrogen (secondary N) is 1. The Morgan fingerprint density at radius 2 is 2.14 bits per heavy atom. The highest BCUT2D eigenvalue weighted by Gasteiger charge is 2.37. The fourth-order valence-electron chi connectivity index (χ4n) is 3.14. The number of carbonyl (C=O) groups is 1. The summed E-state index contributed by atoms with van der Waals surface area (Å²) in [6.45, 7) is 0.510. The molecule has 2 fully saturated rings. The largest absolute Gasteiger partial charge is 0.394 e. The van der Waals surface area contributed by atoms with Crippen LogP contribution < -0.4 is 5.32 Å². The van der Waals surface area contributed by atoms with Gasteiger partial charge in [-0.05, 0) is 49.8 Å². The molecule has 4 nitrogen and oxygen atoms in total. The van der Waals surface area contributed by atoms with Crippen molar-refractivity contribution in [3.63, 3.8) is 0 Å². The molecule has 6 heteroatoms. The number of likely N-dealkylation sites (tertiary alicyclic amines) is 1. The summed E-state index contributed by atoms with van der Waals surface area (Å²) in [6.07, 6.45) is 3.40. The minimum absolute atomic E-state index is 0.0736. The Morgan fingerprint density at radius 3 is 2.82 bits per heavy atom. The standard InChI is InChI=1S/C16H20F2N2O2/c17-11-5-6-14(18)13(8-11)15(10-3-4-10)19-16(22)20-7-1-2-12(20)9-21/h5-6,8,10,12,15,21H,1-4,7,9H2,(H,19,22)/t12-,15?/m1/s1. The van der Waals surface area contributed by atoms with Gasteiger partial charge in [0.2, 0.25) is 0 Å². The second kappa shape index (κ2) is 6.20. The lowest BCUT2D eigenvalue weighted by molar-refractivity contribution is 0.153. The van der Waals surface area contributed by atoms with Gasteiger partial charge in [-0.1, -0.05) is 0 Å². The van der Waals surface area contributed by atoms with Crippen molar-refractivity contribution in [2.45, 2.75) is 37.8 Å². The van der Waals surface area contributed by atoms with E-state index in [4.69, 9.17) is 0 Å². The molecule has 0 bridgehead atoms. The van der Waals surface area contributed by atoms with Crippen molar-refractivity contribution in [1.82, 2.24) is 10.2 Å².